The maximum atomic E-state index is 12.8. The first-order chi connectivity index (χ1) is 17.6. The van der Waals surface area contributed by atoms with Crippen molar-refractivity contribution in [1.29, 1.82) is 5.26 Å². The fourth-order valence-electron chi connectivity index (χ4n) is 4.45. The molecule has 2 aliphatic rings. The first-order valence-corrected chi connectivity index (χ1v) is 11.9. The van der Waals surface area contributed by atoms with Gasteiger partial charge in [0.2, 0.25) is 18.0 Å². The number of alkyl halides is 3. The van der Waals surface area contributed by atoms with Crippen LogP contribution in [0.25, 0.3) is 5.57 Å². The summed E-state index contributed by atoms with van der Waals surface area (Å²) < 4.78 is 31.2. The summed E-state index contributed by atoms with van der Waals surface area (Å²) in [7, 11) is 0. The average molecular weight is 516 g/mol. The highest BCUT2D eigenvalue weighted by Gasteiger charge is 2.25. The molecule has 8 nitrogen and oxygen atoms in total. The summed E-state index contributed by atoms with van der Waals surface area (Å²) in [6, 6.07) is 8.39. The molecule has 3 heterocycles. The van der Waals surface area contributed by atoms with Crippen LogP contribution in [0.1, 0.15) is 65.1 Å². The predicted molar refractivity (Wildman–Crippen MR) is 130 cm³/mol. The van der Waals surface area contributed by atoms with Gasteiger partial charge in [0.25, 0.3) is 0 Å². The number of H-pyrrole nitrogens is 1. The van der Waals surface area contributed by atoms with Gasteiger partial charge in [-0.2, -0.15) is 18.4 Å². The van der Waals surface area contributed by atoms with Crippen LogP contribution in [0.5, 0.6) is 0 Å². The lowest BCUT2D eigenvalue weighted by atomic mass is 9.85. The van der Waals surface area contributed by atoms with Crippen molar-refractivity contribution in [2.75, 3.05) is 26.2 Å². The maximum Gasteiger partial charge on any atom is 0.446 e. The second-order valence-electron chi connectivity index (χ2n) is 8.91. The van der Waals surface area contributed by atoms with E-state index in [1.165, 1.54) is 17.3 Å². The smallest absolute Gasteiger partial charge is 0.343 e. The molecule has 0 atom stereocenters. The van der Waals surface area contributed by atoms with Crippen LogP contribution in [0.2, 0.25) is 0 Å². The molecule has 1 aromatic carbocycles. The zero-order chi connectivity index (χ0) is 27.0. The number of nitrogens with one attached hydrogen (secondary N) is 2. The van der Waals surface area contributed by atoms with Crippen molar-refractivity contribution in [2.45, 2.75) is 44.7 Å². The molecule has 11 heteroatoms. The fraction of sp³-hybridized carbons (Fsp3) is 0.423. The molecule has 2 aliphatic heterocycles. The molecule has 37 heavy (non-hydrogen) atoms. The third kappa shape index (κ3) is 7.85. The molecule has 1 fully saturated rings. The van der Waals surface area contributed by atoms with E-state index in [1.807, 2.05) is 11.0 Å². The zero-order valence-corrected chi connectivity index (χ0v) is 20.4. The van der Waals surface area contributed by atoms with Crippen molar-refractivity contribution >= 4 is 23.5 Å². The number of aldehydes is 1. The van der Waals surface area contributed by atoms with Gasteiger partial charge in [-0.1, -0.05) is 24.3 Å². The van der Waals surface area contributed by atoms with Gasteiger partial charge in [0.05, 0.1) is 6.20 Å². The second kappa shape index (κ2) is 12.5. The number of aromatic nitrogens is 2. The molecular weight excluding hydrogens is 487 g/mol. The Morgan fingerprint density at radius 1 is 1.27 bits per heavy atom. The summed E-state index contributed by atoms with van der Waals surface area (Å²) in [6.07, 6.45) is 1.05. The molecule has 0 radical (unpaired) electrons. The van der Waals surface area contributed by atoms with Crippen LogP contribution >= 0.6 is 0 Å². The quantitative estimate of drug-likeness (QED) is 0.464. The van der Waals surface area contributed by atoms with E-state index in [4.69, 9.17) is 10.1 Å². The van der Waals surface area contributed by atoms with Gasteiger partial charge in [-0.15, -0.1) is 0 Å². The lowest BCUT2D eigenvalue weighted by Gasteiger charge is -2.32. The first kappa shape index (κ1) is 27.8. The fourth-order valence-corrected chi connectivity index (χ4v) is 4.45. The number of ketones is 1. The van der Waals surface area contributed by atoms with Gasteiger partial charge < -0.3 is 15.2 Å². The summed E-state index contributed by atoms with van der Waals surface area (Å²) in [5.41, 5.74) is 4.86. The second-order valence-corrected chi connectivity index (χ2v) is 8.91. The van der Waals surface area contributed by atoms with Crippen LogP contribution in [0, 0.1) is 11.3 Å². The minimum absolute atomic E-state index is 0.130. The lowest BCUT2D eigenvalue weighted by molar-refractivity contribution is -0.156. The van der Waals surface area contributed by atoms with Crippen molar-refractivity contribution in [3.8, 4) is 6.07 Å². The number of nitriles is 1. The van der Waals surface area contributed by atoms with E-state index >= 15 is 0 Å². The molecule has 0 saturated carbocycles. The molecule has 1 amide bonds. The Bertz CT molecular complexity index is 1200. The Hall–Kier alpha value is -3.78. The van der Waals surface area contributed by atoms with Crippen molar-refractivity contribution in [3.05, 3.63) is 58.7 Å². The van der Waals surface area contributed by atoms with Gasteiger partial charge >= 0.3 is 6.18 Å². The van der Waals surface area contributed by atoms with Crippen molar-refractivity contribution in [3.63, 3.8) is 0 Å². The van der Waals surface area contributed by atoms with Crippen LogP contribution < -0.4 is 5.32 Å². The summed E-state index contributed by atoms with van der Waals surface area (Å²) in [5, 5.41) is 12.4. The summed E-state index contributed by atoms with van der Waals surface area (Å²) >= 11 is 0. The molecule has 196 valence electrons. The Morgan fingerprint density at radius 2 is 1.97 bits per heavy atom. The number of piperidine rings is 1. The largest absolute Gasteiger partial charge is 0.446 e. The summed E-state index contributed by atoms with van der Waals surface area (Å²) in [5.74, 6) is 0.650. The topological polar surface area (TPSA) is 119 Å². The van der Waals surface area contributed by atoms with Crippen LogP contribution in [0.15, 0.2) is 30.5 Å². The van der Waals surface area contributed by atoms with Gasteiger partial charge in [-0.3, -0.25) is 14.4 Å². The van der Waals surface area contributed by atoms with Gasteiger partial charge in [0.1, 0.15) is 11.8 Å². The standard InChI is InChI=1S/C24H27N5O2.C2HF3O/c1-16(30)29-9-6-17(7-10-29)18-4-5-19(22(11-18)20-3-2-8-26-14-20)12-23(31)24-27-15-21(13-25)28-24;3-2(4,5)1-6/h3-5,11,15,17,26H,2,6-10,12,14H2,1H3,(H,27,28);1H. The minimum Gasteiger partial charge on any atom is -0.343 e. The third-order valence-electron chi connectivity index (χ3n) is 6.36. The highest BCUT2D eigenvalue weighted by atomic mass is 19.4. The Morgan fingerprint density at radius 3 is 2.51 bits per heavy atom. The summed E-state index contributed by atoms with van der Waals surface area (Å²) in [4.78, 5) is 41.9. The number of hydrogen-bond donors (Lipinski definition) is 2. The van der Waals surface area contributed by atoms with E-state index in [9.17, 15) is 22.8 Å². The number of nitrogens with zero attached hydrogens (tertiary/aromatic N) is 3. The molecule has 0 spiro atoms. The van der Waals surface area contributed by atoms with E-state index in [-0.39, 0.29) is 29.6 Å². The molecule has 0 bridgehead atoms. The van der Waals surface area contributed by atoms with Crippen molar-refractivity contribution < 1.29 is 27.6 Å². The summed E-state index contributed by atoms with van der Waals surface area (Å²) in [6.45, 7) is 4.96. The molecule has 1 saturated heterocycles. The van der Waals surface area contributed by atoms with Gasteiger partial charge in [-0.05, 0) is 54.0 Å². The average Bonchev–Trinajstić information content (AvgIpc) is 3.39. The molecule has 4 rings (SSSR count). The van der Waals surface area contributed by atoms with Crippen LogP contribution in [0.3, 0.4) is 0 Å². The Balaban J connectivity index is 0.000000568. The number of halogens is 3. The number of aromatic amines is 1. The van der Waals surface area contributed by atoms with Gasteiger partial charge in [-0.25, -0.2) is 4.98 Å². The number of carbonyl (C=O) groups excluding carboxylic acids is 3. The van der Waals surface area contributed by atoms with Crippen LogP contribution in [-0.4, -0.2) is 65.2 Å². The van der Waals surface area contributed by atoms with Gasteiger partial charge in [0, 0.05) is 33.0 Å². The zero-order valence-electron chi connectivity index (χ0n) is 20.4. The number of hydrogen-bond acceptors (Lipinski definition) is 6. The van der Waals surface area contributed by atoms with E-state index in [0.717, 1.165) is 56.6 Å². The van der Waals surface area contributed by atoms with Crippen LogP contribution in [-0.2, 0) is 16.0 Å². The molecule has 0 aliphatic carbocycles. The number of Topliss-reactive ketones (excluding diaryl/α,β-unsaturated/α-hetero) is 1. The number of rotatable bonds is 5. The predicted octanol–water partition coefficient (Wildman–Crippen LogP) is 3.56. The van der Waals surface area contributed by atoms with Crippen LogP contribution in [0.4, 0.5) is 13.2 Å². The Kier molecular flexibility index (Phi) is 9.36. The van der Waals surface area contributed by atoms with Crippen molar-refractivity contribution in [2.24, 2.45) is 0 Å². The number of likely N-dealkylation sites (tertiary alicyclic amines) is 1. The molecule has 2 aromatic rings. The first-order valence-electron chi connectivity index (χ1n) is 11.9. The molecule has 1 aromatic heterocycles. The van der Waals surface area contributed by atoms with E-state index in [1.54, 1.807) is 6.92 Å². The third-order valence-corrected chi connectivity index (χ3v) is 6.36. The Labute approximate surface area is 212 Å². The monoisotopic (exact) mass is 515 g/mol. The van der Waals surface area contributed by atoms with E-state index < -0.39 is 12.5 Å². The van der Waals surface area contributed by atoms with Gasteiger partial charge in [0.15, 0.2) is 5.82 Å². The lowest BCUT2D eigenvalue weighted by Crippen LogP contribution is -2.36. The van der Waals surface area contributed by atoms with Crippen molar-refractivity contribution in [1.82, 2.24) is 20.2 Å². The highest BCUT2D eigenvalue weighted by Crippen LogP contribution is 2.32. The SMILES string of the molecule is CC(=O)N1CCC(c2ccc(CC(=O)c3ncc(C#N)[nH]3)c(C3=CCCNC3)c2)CC1.O=CC(F)(F)F. The van der Waals surface area contributed by atoms with E-state index in [0.29, 0.717) is 5.92 Å². The minimum atomic E-state index is -4.64. The van der Waals surface area contributed by atoms with E-state index in [2.05, 4.69) is 39.6 Å². The molecular formula is C26H28F3N5O3. The number of carbonyl (C=O) groups is 3. The molecule has 0 unspecified atom stereocenters. The number of benzene rings is 1. The maximum absolute atomic E-state index is 12.8. The highest BCUT2D eigenvalue weighted by molar-refractivity contribution is 5.95. The molecule has 2 N–H and O–H groups in total. The normalized spacial score (nSPS) is 16.2. The number of imidazole rings is 1. The number of amides is 1.